The Morgan fingerprint density at radius 1 is 0.850 bits per heavy atom. The van der Waals surface area contributed by atoms with E-state index in [0.29, 0.717) is 27.8 Å². The lowest BCUT2D eigenvalue weighted by atomic mass is 9.81. The van der Waals surface area contributed by atoms with Gasteiger partial charge in [-0.1, -0.05) is 42.5 Å². The van der Waals surface area contributed by atoms with Gasteiger partial charge in [0.1, 0.15) is 0 Å². The normalized spacial score (nSPS) is 12.8. The summed E-state index contributed by atoms with van der Waals surface area (Å²) in [6.07, 6.45) is -0.0512. The molecule has 0 fully saturated rings. The topological polar surface area (TPSA) is 77.2 Å². The van der Waals surface area contributed by atoms with E-state index in [1.54, 1.807) is 42.5 Å². The van der Waals surface area contributed by atoms with Gasteiger partial charge in [-0.05, 0) is 5.56 Å². The molecule has 0 aliphatic heterocycles. The zero-order valence-electron chi connectivity index (χ0n) is 10.6. The summed E-state index contributed by atoms with van der Waals surface area (Å²) in [5.74, 6) is -0.953. The number of amides is 1. The second-order valence-electron chi connectivity index (χ2n) is 4.69. The maximum absolute atomic E-state index is 12.6. The van der Waals surface area contributed by atoms with Gasteiger partial charge in [0.15, 0.2) is 11.6 Å². The molecule has 1 amide bonds. The van der Waals surface area contributed by atoms with Crippen LogP contribution in [0.5, 0.6) is 0 Å². The quantitative estimate of drug-likeness (QED) is 0.762. The summed E-state index contributed by atoms with van der Waals surface area (Å²) in [7, 11) is 0. The van der Waals surface area contributed by atoms with Crippen molar-refractivity contribution >= 4 is 17.5 Å². The third kappa shape index (κ3) is 1.73. The van der Waals surface area contributed by atoms with Crippen molar-refractivity contribution in [2.45, 2.75) is 6.42 Å². The summed E-state index contributed by atoms with van der Waals surface area (Å²) in [6, 6.07) is 11.6. The summed E-state index contributed by atoms with van der Waals surface area (Å²) >= 11 is 0. The minimum Gasteiger partial charge on any atom is -0.369 e. The van der Waals surface area contributed by atoms with Gasteiger partial charge >= 0.3 is 0 Å². The van der Waals surface area contributed by atoms with Crippen molar-refractivity contribution in [1.29, 1.82) is 0 Å². The lowest BCUT2D eigenvalue weighted by molar-refractivity contribution is -0.117. The van der Waals surface area contributed by atoms with Crippen molar-refractivity contribution in [3.63, 3.8) is 0 Å². The fraction of sp³-hybridized carbons (Fsp3) is 0.0625. The van der Waals surface area contributed by atoms with Gasteiger partial charge < -0.3 is 5.73 Å². The molecular formula is C16H11NO3. The Labute approximate surface area is 115 Å². The van der Waals surface area contributed by atoms with Crippen LogP contribution >= 0.6 is 0 Å². The number of carbonyl (C=O) groups is 3. The predicted molar refractivity (Wildman–Crippen MR) is 72.6 cm³/mol. The van der Waals surface area contributed by atoms with Crippen molar-refractivity contribution in [3.8, 4) is 0 Å². The van der Waals surface area contributed by atoms with Crippen molar-refractivity contribution in [2.24, 2.45) is 5.73 Å². The van der Waals surface area contributed by atoms with Gasteiger partial charge in [0.25, 0.3) is 0 Å². The summed E-state index contributed by atoms with van der Waals surface area (Å²) in [6.45, 7) is 0. The Morgan fingerprint density at radius 2 is 1.45 bits per heavy atom. The Bertz CT molecular complexity index is 762. The highest BCUT2D eigenvalue weighted by atomic mass is 16.1. The average molecular weight is 265 g/mol. The Balaban J connectivity index is 2.25. The number of carbonyl (C=O) groups excluding carboxylic acids is 3. The molecule has 3 rings (SSSR count). The van der Waals surface area contributed by atoms with E-state index in [4.69, 9.17) is 5.73 Å². The molecule has 98 valence electrons. The number of primary amides is 1. The van der Waals surface area contributed by atoms with Crippen LogP contribution in [0.2, 0.25) is 0 Å². The van der Waals surface area contributed by atoms with E-state index in [1.165, 1.54) is 0 Å². The van der Waals surface area contributed by atoms with Crippen molar-refractivity contribution < 1.29 is 14.4 Å². The summed E-state index contributed by atoms with van der Waals surface area (Å²) in [5.41, 5.74) is 7.12. The van der Waals surface area contributed by atoms with Crippen LogP contribution in [0.15, 0.2) is 42.5 Å². The van der Waals surface area contributed by atoms with Gasteiger partial charge in [0.2, 0.25) is 5.91 Å². The lowest BCUT2D eigenvalue weighted by Gasteiger charge is -2.19. The van der Waals surface area contributed by atoms with Gasteiger partial charge in [-0.25, -0.2) is 0 Å². The molecule has 0 heterocycles. The first-order chi connectivity index (χ1) is 9.59. The lowest BCUT2D eigenvalue weighted by Crippen LogP contribution is -2.24. The molecule has 4 nitrogen and oxygen atoms in total. The maximum atomic E-state index is 12.6. The first-order valence-electron chi connectivity index (χ1n) is 6.18. The highest BCUT2D eigenvalue weighted by Crippen LogP contribution is 2.29. The highest BCUT2D eigenvalue weighted by Gasteiger charge is 2.31. The molecule has 0 atom stereocenters. The van der Waals surface area contributed by atoms with E-state index in [1.807, 2.05) is 0 Å². The fourth-order valence-electron chi connectivity index (χ4n) is 2.55. The average Bonchev–Trinajstić information content (AvgIpc) is 2.44. The molecule has 0 unspecified atom stereocenters. The highest BCUT2D eigenvalue weighted by molar-refractivity contribution is 6.29. The summed E-state index contributed by atoms with van der Waals surface area (Å²) < 4.78 is 0. The number of hydrogen-bond acceptors (Lipinski definition) is 3. The Kier molecular flexibility index (Phi) is 2.71. The molecule has 1 aliphatic carbocycles. The van der Waals surface area contributed by atoms with Crippen LogP contribution < -0.4 is 5.73 Å². The molecule has 0 aromatic heterocycles. The van der Waals surface area contributed by atoms with Crippen LogP contribution in [0.25, 0.3) is 0 Å². The van der Waals surface area contributed by atoms with Crippen LogP contribution in [-0.2, 0) is 11.2 Å². The van der Waals surface area contributed by atoms with Gasteiger partial charge in [0, 0.05) is 22.3 Å². The minimum absolute atomic E-state index is 0.0512. The first-order valence-corrected chi connectivity index (χ1v) is 6.18. The molecule has 0 spiro atoms. The van der Waals surface area contributed by atoms with Gasteiger partial charge in [-0.15, -0.1) is 0 Å². The van der Waals surface area contributed by atoms with Crippen LogP contribution in [0, 0.1) is 0 Å². The minimum atomic E-state index is -0.530. The van der Waals surface area contributed by atoms with Crippen LogP contribution in [0.4, 0.5) is 0 Å². The van der Waals surface area contributed by atoms with Gasteiger partial charge in [-0.3, -0.25) is 14.4 Å². The number of fused-ring (bicyclic) bond motifs is 2. The number of rotatable bonds is 2. The smallest absolute Gasteiger partial charge is 0.221 e. The van der Waals surface area contributed by atoms with E-state index < -0.39 is 5.91 Å². The molecule has 4 heteroatoms. The summed E-state index contributed by atoms with van der Waals surface area (Å²) in [5, 5.41) is 0. The molecule has 0 saturated heterocycles. The molecule has 1 aliphatic rings. The van der Waals surface area contributed by atoms with Gasteiger partial charge in [-0.2, -0.15) is 0 Å². The van der Waals surface area contributed by atoms with Crippen LogP contribution in [-0.4, -0.2) is 17.5 Å². The first kappa shape index (κ1) is 12.3. The van der Waals surface area contributed by atoms with E-state index in [2.05, 4.69) is 0 Å². The maximum Gasteiger partial charge on any atom is 0.221 e. The van der Waals surface area contributed by atoms with Crippen LogP contribution in [0.3, 0.4) is 0 Å². The number of nitrogens with two attached hydrogens (primary N) is 1. The third-order valence-corrected chi connectivity index (χ3v) is 3.40. The van der Waals surface area contributed by atoms with Gasteiger partial charge in [0.05, 0.1) is 6.42 Å². The standard InChI is InChI=1S/C16H11NO3/c17-13(18)8-9-4-3-7-12-14(9)16(20)11-6-2-1-5-10(11)15(12)19/h1-7H,8H2,(H2,17,18). The molecular weight excluding hydrogens is 254 g/mol. The molecule has 0 saturated carbocycles. The zero-order chi connectivity index (χ0) is 14.3. The van der Waals surface area contributed by atoms with E-state index in [0.717, 1.165) is 0 Å². The Hall–Kier alpha value is -2.75. The molecule has 2 aromatic carbocycles. The monoisotopic (exact) mass is 265 g/mol. The van der Waals surface area contributed by atoms with E-state index in [-0.39, 0.29) is 18.0 Å². The molecule has 2 aromatic rings. The predicted octanol–water partition coefficient (Wildman–Crippen LogP) is 1.49. The van der Waals surface area contributed by atoms with E-state index >= 15 is 0 Å². The van der Waals surface area contributed by atoms with Crippen molar-refractivity contribution in [1.82, 2.24) is 0 Å². The number of hydrogen-bond donors (Lipinski definition) is 1. The summed E-state index contributed by atoms with van der Waals surface area (Å²) in [4.78, 5) is 36.1. The van der Waals surface area contributed by atoms with Crippen molar-refractivity contribution in [3.05, 3.63) is 70.3 Å². The van der Waals surface area contributed by atoms with Crippen LogP contribution in [0.1, 0.15) is 37.4 Å². The van der Waals surface area contributed by atoms with E-state index in [9.17, 15) is 14.4 Å². The molecule has 0 bridgehead atoms. The molecule has 2 N–H and O–H groups in total. The van der Waals surface area contributed by atoms with Crippen molar-refractivity contribution in [2.75, 3.05) is 0 Å². The second kappa shape index (κ2) is 4.42. The third-order valence-electron chi connectivity index (χ3n) is 3.40. The zero-order valence-corrected chi connectivity index (χ0v) is 10.6. The largest absolute Gasteiger partial charge is 0.369 e. The Morgan fingerprint density at radius 3 is 2.10 bits per heavy atom. The SMILES string of the molecule is NC(=O)Cc1cccc2c1C(=O)c1ccccc1C2=O. The molecule has 0 radical (unpaired) electrons. The fourth-order valence-corrected chi connectivity index (χ4v) is 2.55. The number of benzene rings is 2. The number of ketones is 2. The second-order valence-corrected chi connectivity index (χ2v) is 4.69. The molecule has 20 heavy (non-hydrogen) atoms.